The smallest absolute Gasteiger partial charge is 0.328 e. The number of benzene rings is 3. The van der Waals surface area contributed by atoms with Crippen molar-refractivity contribution in [3.05, 3.63) is 89.0 Å². The van der Waals surface area contributed by atoms with Crippen LogP contribution in [0.15, 0.2) is 66.7 Å². The molecule has 0 spiro atoms. The lowest BCUT2D eigenvalue weighted by Gasteiger charge is -2.28. The third-order valence-electron chi connectivity index (χ3n) is 5.95. The summed E-state index contributed by atoms with van der Waals surface area (Å²) in [6, 6.07) is 15.6. The first-order valence-electron chi connectivity index (χ1n) is 11.7. The molecule has 3 rings (SSSR count). The van der Waals surface area contributed by atoms with Crippen LogP contribution in [-0.2, 0) is 16.1 Å². The van der Waals surface area contributed by atoms with Crippen molar-refractivity contribution in [1.29, 1.82) is 0 Å². The predicted octanol–water partition coefficient (Wildman–Crippen LogP) is 4.29. The summed E-state index contributed by atoms with van der Waals surface area (Å²) < 4.78 is 21.7. The molecule has 0 saturated carbocycles. The van der Waals surface area contributed by atoms with Gasteiger partial charge in [0.15, 0.2) is 11.5 Å². The van der Waals surface area contributed by atoms with Gasteiger partial charge in [0.1, 0.15) is 17.6 Å². The number of carboxylic acids is 1. The minimum atomic E-state index is -1.26. The van der Waals surface area contributed by atoms with Crippen molar-refractivity contribution in [3.8, 4) is 23.0 Å². The second-order valence-electron chi connectivity index (χ2n) is 8.32. The number of carbonyl (C=O) groups excluding carboxylic acids is 1. The van der Waals surface area contributed by atoms with Gasteiger partial charge in [0, 0.05) is 34.9 Å². The summed E-state index contributed by atoms with van der Waals surface area (Å²) in [5, 5.41) is 20.7. The summed E-state index contributed by atoms with van der Waals surface area (Å²) in [4.78, 5) is 25.9. The number of aliphatic carboxylic acids is 1. The quantitative estimate of drug-likeness (QED) is 0.359. The van der Waals surface area contributed by atoms with Crippen molar-refractivity contribution in [3.63, 3.8) is 0 Å². The molecule has 9 heteroatoms. The molecule has 0 fully saturated rings. The van der Waals surface area contributed by atoms with Gasteiger partial charge in [-0.2, -0.15) is 0 Å². The van der Waals surface area contributed by atoms with Crippen LogP contribution in [0.25, 0.3) is 0 Å². The SMILES string of the molecule is COc1ccc(CN(C(=O)/C=C/C(=O)O)c2ccc(C)cc2C(O)c2cccc(OC)c2OC)c(OC)c1. The standard InChI is InChI=1S/C29H31NO8/c1-18-9-12-23(22(15-18)28(34)21-7-6-8-24(36-3)29(21)38-5)30(26(31)13-14-27(32)33)17-19-10-11-20(35-2)16-25(19)37-4/h6-16,28,34H,17H2,1-5H3,(H,32,33)/b14-13+. The van der Waals surface area contributed by atoms with Crippen LogP contribution in [0, 0.1) is 6.92 Å². The Hall–Kier alpha value is -4.50. The fourth-order valence-corrected chi connectivity index (χ4v) is 4.10. The van der Waals surface area contributed by atoms with E-state index in [1.807, 2.05) is 6.92 Å². The monoisotopic (exact) mass is 521 g/mol. The summed E-state index contributed by atoms with van der Waals surface area (Å²) in [6.07, 6.45) is 0.544. The van der Waals surface area contributed by atoms with Crippen LogP contribution in [-0.4, -0.2) is 50.5 Å². The first-order chi connectivity index (χ1) is 18.2. The highest BCUT2D eigenvalue weighted by Crippen LogP contribution is 2.41. The summed E-state index contributed by atoms with van der Waals surface area (Å²) in [5.41, 5.74) is 2.73. The van der Waals surface area contributed by atoms with E-state index in [2.05, 4.69) is 0 Å². The Morgan fingerprint density at radius 1 is 0.868 bits per heavy atom. The summed E-state index contributed by atoms with van der Waals surface area (Å²) in [6.45, 7) is 1.89. The molecule has 9 nitrogen and oxygen atoms in total. The van der Waals surface area contributed by atoms with Crippen LogP contribution in [0.5, 0.6) is 23.0 Å². The topological polar surface area (TPSA) is 115 Å². The van der Waals surface area contributed by atoms with Crippen molar-refractivity contribution < 1.29 is 38.7 Å². The van der Waals surface area contributed by atoms with Crippen molar-refractivity contribution in [2.45, 2.75) is 19.6 Å². The van der Waals surface area contributed by atoms with Gasteiger partial charge in [-0.25, -0.2) is 4.79 Å². The number of rotatable bonds is 11. The van der Waals surface area contributed by atoms with Gasteiger partial charge in [-0.15, -0.1) is 0 Å². The molecule has 0 aliphatic heterocycles. The zero-order valence-corrected chi connectivity index (χ0v) is 21.9. The molecular formula is C29H31NO8. The van der Waals surface area contributed by atoms with Gasteiger partial charge in [-0.1, -0.05) is 29.8 Å². The number of hydrogen-bond acceptors (Lipinski definition) is 7. The lowest BCUT2D eigenvalue weighted by molar-refractivity contribution is -0.131. The first kappa shape index (κ1) is 28.1. The molecule has 0 saturated heterocycles. The van der Waals surface area contributed by atoms with Crippen LogP contribution in [0.2, 0.25) is 0 Å². The minimum absolute atomic E-state index is 0.0218. The van der Waals surface area contributed by atoms with Crippen LogP contribution in [0.3, 0.4) is 0 Å². The number of hydrogen-bond donors (Lipinski definition) is 2. The van der Waals surface area contributed by atoms with Gasteiger partial charge in [-0.05, 0) is 31.2 Å². The van der Waals surface area contributed by atoms with E-state index in [-0.39, 0.29) is 6.54 Å². The normalized spacial score (nSPS) is 11.6. The molecule has 1 amide bonds. The molecule has 0 aliphatic rings. The van der Waals surface area contributed by atoms with E-state index < -0.39 is 18.0 Å². The van der Waals surface area contributed by atoms with E-state index >= 15 is 0 Å². The lowest BCUT2D eigenvalue weighted by Crippen LogP contribution is -2.30. The number of carboxylic acid groups (broad SMARTS) is 1. The van der Waals surface area contributed by atoms with Gasteiger partial charge in [0.05, 0.1) is 40.7 Å². The second-order valence-corrected chi connectivity index (χ2v) is 8.32. The number of methoxy groups -OCH3 is 4. The van der Waals surface area contributed by atoms with Crippen LogP contribution in [0.4, 0.5) is 5.69 Å². The largest absolute Gasteiger partial charge is 0.497 e. The Morgan fingerprint density at radius 3 is 2.24 bits per heavy atom. The Bertz CT molecular complexity index is 1330. The van der Waals surface area contributed by atoms with Crippen molar-refractivity contribution in [1.82, 2.24) is 0 Å². The van der Waals surface area contributed by atoms with Gasteiger partial charge in [-0.3, -0.25) is 4.79 Å². The fraction of sp³-hybridized carbons (Fsp3) is 0.241. The van der Waals surface area contributed by atoms with E-state index in [9.17, 15) is 14.7 Å². The predicted molar refractivity (Wildman–Crippen MR) is 142 cm³/mol. The maximum atomic E-state index is 13.4. The number of para-hydroxylation sites is 1. The van der Waals surface area contributed by atoms with E-state index in [0.29, 0.717) is 45.4 Å². The molecule has 200 valence electrons. The second kappa shape index (κ2) is 12.6. The summed E-state index contributed by atoms with van der Waals surface area (Å²) in [5.74, 6) is -0.00128. The van der Waals surface area contributed by atoms with Crippen LogP contribution < -0.4 is 23.8 Å². The Balaban J connectivity index is 2.19. The highest BCUT2D eigenvalue weighted by molar-refractivity contribution is 6.04. The third kappa shape index (κ3) is 6.24. The average molecular weight is 522 g/mol. The van der Waals surface area contributed by atoms with E-state index in [1.54, 1.807) is 54.6 Å². The van der Waals surface area contributed by atoms with E-state index in [4.69, 9.17) is 24.1 Å². The molecule has 1 atom stereocenters. The Labute approximate surface area is 221 Å². The average Bonchev–Trinajstić information content (AvgIpc) is 2.93. The molecule has 0 aromatic heterocycles. The minimum Gasteiger partial charge on any atom is -0.497 e. The van der Waals surface area contributed by atoms with E-state index in [0.717, 1.165) is 17.7 Å². The molecule has 0 bridgehead atoms. The molecular weight excluding hydrogens is 490 g/mol. The molecule has 3 aromatic rings. The number of aliphatic hydroxyl groups excluding tert-OH is 1. The molecule has 0 heterocycles. The molecule has 0 aliphatic carbocycles. The number of anilines is 1. The lowest BCUT2D eigenvalue weighted by atomic mass is 9.96. The Morgan fingerprint density at radius 2 is 1.61 bits per heavy atom. The van der Waals surface area contributed by atoms with Gasteiger partial charge < -0.3 is 34.1 Å². The van der Waals surface area contributed by atoms with Crippen molar-refractivity contribution >= 4 is 17.6 Å². The maximum absolute atomic E-state index is 13.4. The number of carbonyl (C=O) groups is 2. The zero-order valence-electron chi connectivity index (χ0n) is 21.9. The summed E-state index contributed by atoms with van der Waals surface area (Å²) >= 11 is 0. The number of aliphatic hydroxyl groups is 1. The Kier molecular flexibility index (Phi) is 9.34. The highest BCUT2D eigenvalue weighted by Gasteiger charge is 2.26. The van der Waals surface area contributed by atoms with Crippen molar-refractivity contribution in [2.24, 2.45) is 0 Å². The van der Waals surface area contributed by atoms with E-state index in [1.165, 1.54) is 33.3 Å². The van der Waals surface area contributed by atoms with Gasteiger partial charge in [0.25, 0.3) is 5.91 Å². The van der Waals surface area contributed by atoms with Gasteiger partial charge in [0.2, 0.25) is 0 Å². The number of nitrogens with zero attached hydrogens (tertiary/aromatic N) is 1. The van der Waals surface area contributed by atoms with Crippen LogP contribution >= 0.6 is 0 Å². The van der Waals surface area contributed by atoms with Gasteiger partial charge >= 0.3 is 5.97 Å². The number of ether oxygens (including phenoxy) is 4. The fourth-order valence-electron chi connectivity index (χ4n) is 4.10. The third-order valence-corrected chi connectivity index (χ3v) is 5.95. The zero-order chi connectivity index (χ0) is 27.8. The molecule has 1 unspecified atom stereocenters. The van der Waals surface area contributed by atoms with Crippen molar-refractivity contribution in [2.75, 3.05) is 33.3 Å². The maximum Gasteiger partial charge on any atom is 0.328 e. The summed E-state index contributed by atoms with van der Waals surface area (Å²) in [7, 11) is 6.02. The molecule has 0 radical (unpaired) electrons. The molecule has 3 aromatic carbocycles. The number of amides is 1. The first-order valence-corrected chi connectivity index (χ1v) is 11.7. The van der Waals surface area contributed by atoms with Crippen LogP contribution in [0.1, 0.15) is 28.4 Å². The number of aryl methyl sites for hydroxylation is 1. The molecule has 2 N–H and O–H groups in total. The highest BCUT2D eigenvalue weighted by atomic mass is 16.5. The molecule has 38 heavy (non-hydrogen) atoms.